The molecule has 9 heteroatoms. The molecule has 0 heterocycles. The lowest BCUT2D eigenvalue weighted by Crippen LogP contribution is -2.33. The maximum atomic E-state index is 13.1. The first-order valence-corrected chi connectivity index (χ1v) is 7.52. The maximum absolute atomic E-state index is 13.1. The van der Waals surface area contributed by atoms with E-state index >= 15 is 0 Å². The molecule has 0 aromatic carbocycles. The Balaban J connectivity index is 3.67. The first-order chi connectivity index (χ1) is 8.82. The highest BCUT2D eigenvalue weighted by molar-refractivity contribution is 7.38. The van der Waals surface area contributed by atoms with E-state index in [0.717, 1.165) is 0 Å². The van der Waals surface area contributed by atoms with Crippen molar-refractivity contribution in [2.24, 2.45) is 5.92 Å². The molecule has 0 aromatic rings. The molecule has 1 amide bonds. The van der Waals surface area contributed by atoms with Crippen LogP contribution in [0.25, 0.3) is 0 Å². The van der Waals surface area contributed by atoms with Gasteiger partial charge in [-0.2, -0.15) is 0 Å². The number of hydrogen-bond acceptors (Lipinski definition) is 6. The van der Waals surface area contributed by atoms with Crippen molar-refractivity contribution in [1.82, 2.24) is 5.32 Å². The highest BCUT2D eigenvalue weighted by atomic mass is 31.1. The van der Waals surface area contributed by atoms with Gasteiger partial charge in [0.2, 0.25) is 6.79 Å². The fourth-order valence-corrected chi connectivity index (χ4v) is 1.26. The van der Waals surface area contributed by atoms with Crippen molar-refractivity contribution in [1.29, 1.82) is 0 Å². The van der Waals surface area contributed by atoms with Crippen molar-refractivity contribution in [3.63, 3.8) is 0 Å². The van der Waals surface area contributed by atoms with E-state index in [1.165, 1.54) is 6.66 Å². The lowest BCUT2D eigenvalue weighted by Gasteiger charge is -2.11. The summed E-state index contributed by atoms with van der Waals surface area (Å²) in [5.74, 6) is -0.860. The molecule has 0 saturated carbocycles. The number of amides is 1. The standard InChI is InChI=1S/C10H19FNO6P/c1-7(2)9(13)16-6-17-10(14)12-8(11)4-5-18-19(3)15/h7-8,19H,4-6H2,1-3H3,(H,12,14). The van der Waals surface area contributed by atoms with Crippen molar-refractivity contribution in [2.75, 3.05) is 20.1 Å². The van der Waals surface area contributed by atoms with Crippen LogP contribution in [-0.4, -0.2) is 38.4 Å². The molecule has 1 N–H and O–H groups in total. The van der Waals surface area contributed by atoms with Crippen LogP contribution in [-0.2, 0) is 23.4 Å². The predicted octanol–water partition coefficient (Wildman–Crippen LogP) is 1.68. The molecule has 0 spiro atoms. The third kappa shape index (κ3) is 10.5. The van der Waals surface area contributed by atoms with Crippen LogP contribution in [0.1, 0.15) is 20.3 Å². The van der Waals surface area contributed by atoms with Gasteiger partial charge >= 0.3 is 12.1 Å². The van der Waals surface area contributed by atoms with Crippen LogP contribution >= 0.6 is 8.03 Å². The second-order valence-corrected chi connectivity index (χ2v) is 5.18. The van der Waals surface area contributed by atoms with Crippen molar-refractivity contribution in [3.8, 4) is 0 Å². The van der Waals surface area contributed by atoms with E-state index < -0.39 is 33.2 Å². The zero-order valence-corrected chi connectivity index (χ0v) is 12.1. The maximum Gasteiger partial charge on any atom is 0.412 e. The number of alkyl halides is 1. The van der Waals surface area contributed by atoms with E-state index in [1.807, 2.05) is 5.32 Å². The number of alkyl carbamates (subject to hydrolysis) is 1. The number of esters is 1. The van der Waals surface area contributed by atoms with Gasteiger partial charge in [0.25, 0.3) is 0 Å². The molecule has 2 unspecified atom stereocenters. The van der Waals surface area contributed by atoms with Crippen LogP contribution < -0.4 is 5.32 Å². The third-order valence-electron chi connectivity index (χ3n) is 1.81. The average Bonchev–Trinajstić information content (AvgIpc) is 2.27. The van der Waals surface area contributed by atoms with Gasteiger partial charge in [-0.05, 0) is 0 Å². The summed E-state index contributed by atoms with van der Waals surface area (Å²) in [7, 11) is -2.11. The summed E-state index contributed by atoms with van der Waals surface area (Å²) in [5, 5.41) is 1.87. The molecule has 0 bridgehead atoms. The van der Waals surface area contributed by atoms with Crippen LogP contribution in [0.5, 0.6) is 0 Å². The third-order valence-corrected chi connectivity index (χ3v) is 2.42. The zero-order chi connectivity index (χ0) is 14.8. The van der Waals surface area contributed by atoms with Crippen molar-refractivity contribution < 1.29 is 32.5 Å². The Bertz CT molecular complexity index is 325. The Hall–Kier alpha value is -1.14. The highest BCUT2D eigenvalue weighted by Gasteiger charge is 2.13. The summed E-state index contributed by atoms with van der Waals surface area (Å²) in [5.41, 5.74) is 0. The summed E-state index contributed by atoms with van der Waals surface area (Å²) in [6.07, 6.45) is -2.88. The van der Waals surface area contributed by atoms with E-state index in [9.17, 15) is 18.5 Å². The summed E-state index contributed by atoms with van der Waals surface area (Å²) in [4.78, 5) is 22.0. The molecule has 0 aliphatic rings. The Kier molecular flexibility index (Phi) is 9.16. The number of carbonyl (C=O) groups excluding carboxylic acids is 2. The molecule has 0 radical (unpaired) electrons. The molecule has 2 atom stereocenters. The van der Waals surface area contributed by atoms with Crippen LogP contribution in [0.2, 0.25) is 0 Å². The lowest BCUT2D eigenvalue weighted by molar-refractivity contribution is -0.155. The zero-order valence-electron chi connectivity index (χ0n) is 11.1. The van der Waals surface area contributed by atoms with E-state index in [1.54, 1.807) is 13.8 Å². The summed E-state index contributed by atoms with van der Waals surface area (Å²) in [6, 6.07) is 0. The van der Waals surface area contributed by atoms with Crippen LogP contribution in [0.4, 0.5) is 9.18 Å². The van der Waals surface area contributed by atoms with Gasteiger partial charge in [-0.15, -0.1) is 0 Å². The van der Waals surface area contributed by atoms with Crippen LogP contribution in [0.15, 0.2) is 0 Å². The minimum Gasteiger partial charge on any atom is -0.428 e. The number of hydrogen-bond donors (Lipinski definition) is 1. The molecule has 0 aromatic heterocycles. The van der Waals surface area contributed by atoms with Gasteiger partial charge in [0.15, 0.2) is 14.3 Å². The summed E-state index contributed by atoms with van der Waals surface area (Å²) in [6.45, 7) is 3.98. The number of ether oxygens (including phenoxy) is 2. The highest BCUT2D eigenvalue weighted by Crippen LogP contribution is 2.15. The first-order valence-electron chi connectivity index (χ1n) is 5.70. The second kappa shape index (κ2) is 9.75. The van der Waals surface area contributed by atoms with Crippen molar-refractivity contribution in [3.05, 3.63) is 0 Å². The van der Waals surface area contributed by atoms with E-state index in [2.05, 4.69) is 14.0 Å². The van der Waals surface area contributed by atoms with E-state index in [-0.39, 0.29) is 18.9 Å². The Morgan fingerprint density at radius 3 is 2.47 bits per heavy atom. The van der Waals surface area contributed by atoms with Gasteiger partial charge in [0.05, 0.1) is 12.5 Å². The van der Waals surface area contributed by atoms with E-state index in [0.29, 0.717) is 0 Å². The van der Waals surface area contributed by atoms with Gasteiger partial charge in [0.1, 0.15) is 0 Å². The van der Waals surface area contributed by atoms with Gasteiger partial charge in [0, 0.05) is 13.1 Å². The largest absolute Gasteiger partial charge is 0.428 e. The van der Waals surface area contributed by atoms with Gasteiger partial charge in [-0.1, -0.05) is 13.8 Å². The summed E-state index contributed by atoms with van der Waals surface area (Å²) < 4.78 is 37.4. The van der Waals surface area contributed by atoms with Crippen LogP contribution in [0.3, 0.4) is 0 Å². The molecule has 0 rings (SSSR count). The smallest absolute Gasteiger partial charge is 0.412 e. The molecule has 19 heavy (non-hydrogen) atoms. The fourth-order valence-electron chi connectivity index (χ4n) is 0.856. The fraction of sp³-hybridized carbons (Fsp3) is 0.800. The molecule has 7 nitrogen and oxygen atoms in total. The lowest BCUT2D eigenvalue weighted by atomic mass is 10.2. The Labute approximate surface area is 111 Å². The number of rotatable bonds is 8. The normalized spacial score (nSPS) is 13.7. The Morgan fingerprint density at radius 1 is 1.32 bits per heavy atom. The quantitative estimate of drug-likeness (QED) is 0.317. The van der Waals surface area contributed by atoms with Crippen molar-refractivity contribution >= 4 is 20.1 Å². The molecule has 0 aliphatic heterocycles. The predicted molar refractivity (Wildman–Crippen MR) is 65.8 cm³/mol. The Morgan fingerprint density at radius 2 is 1.95 bits per heavy atom. The molecular formula is C10H19FNO6P. The molecule has 0 fully saturated rings. The van der Waals surface area contributed by atoms with E-state index in [4.69, 9.17) is 0 Å². The summed E-state index contributed by atoms with van der Waals surface area (Å²) >= 11 is 0. The minimum atomic E-state index is -2.11. The average molecular weight is 299 g/mol. The molecule has 0 aliphatic carbocycles. The molecular weight excluding hydrogens is 280 g/mol. The monoisotopic (exact) mass is 299 g/mol. The topological polar surface area (TPSA) is 90.9 Å². The van der Waals surface area contributed by atoms with Crippen LogP contribution in [0, 0.1) is 5.92 Å². The number of nitrogens with one attached hydrogen (secondary N) is 1. The second-order valence-electron chi connectivity index (χ2n) is 3.91. The van der Waals surface area contributed by atoms with Gasteiger partial charge in [-0.25, -0.2) is 9.18 Å². The molecule has 0 saturated heterocycles. The SMILES string of the molecule is CC(C)C(=O)OCOC(=O)NC(F)CCO[PH](C)=O. The van der Waals surface area contributed by atoms with Gasteiger partial charge in [-0.3, -0.25) is 14.7 Å². The number of carbonyl (C=O) groups is 2. The first kappa shape index (κ1) is 17.9. The molecule has 112 valence electrons. The number of halogens is 1. The van der Waals surface area contributed by atoms with Gasteiger partial charge < -0.3 is 14.0 Å². The van der Waals surface area contributed by atoms with Crippen molar-refractivity contribution in [2.45, 2.75) is 26.6 Å². The minimum absolute atomic E-state index is 0.0714.